The van der Waals surface area contributed by atoms with Crippen LogP contribution in [0.2, 0.25) is 0 Å². The lowest BCUT2D eigenvalue weighted by Gasteiger charge is -2.42. The Morgan fingerprint density at radius 3 is 2.44 bits per heavy atom. The van der Waals surface area contributed by atoms with Crippen LogP contribution in [0.4, 0.5) is 4.79 Å². The molecule has 0 atom stereocenters. The minimum atomic E-state index is -1.04. The summed E-state index contributed by atoms with van der Waals surface area (Å²) >= 11 is 0. The standard InChI is InChI=1S/C12H20N2O4/c1-11(2)8-14(6-7-18-11)10(17)13-12(9(15)16)4-3-5-12/h3-8H2,1-2H3,(H,13,17)(H,15,16). The second kappa shape index (κ2) is 4.42. The quantitative estimate of drug-likeness (QED) is 0.766. The van der Waals surface area contributed by atoms with Crippen LogP contribution in [-0.2, 0) is 9.53 Å². The number of hydrogen-bond acceptors (Lipinski definition) is 3. The highest BCUT2D eigenvalue weighted by Crippen LogP contribution is 2.32. The van der Waals surface area contributed by atoms with Gasteiger partial charge in [0.05, 0.1) is 18.8 Å². The first-order valence-electron chi connectivity index (χ1n) is 6.29. The molecule has 2 amide bonds. The summed E-state index contributed by atoms with van der Waals surface area (Å²) in [4.78, 5) is 24.9. The number of aliphatic carboxylic acids is 1. The first kappa shape index (κ1) is 13.1. The van der Waals surface area contributed by atoms with Crippen molar-refractivity contribution in [2.45, 2.75) is 44.2 Å². The van der Waals surface area contributed by atoms with Gasteiger partial charge in [0.15, 0.2) is 0 Å². The van der Waals surface area contributed by atoms with Crippen molar-refractivity contribution in [2.24, 2.45) is 0 Å². The summed E-state index contributed by atoms with van der Waals surface area (Å²) in [6.07, 6.45) is 1.88. The number of amides is 2. The van der Waals surface area contributed by atoms with Crippen molar-refractivity contribution in [2.75, 3.05) is 19.7 Å². The molecule has 0 aromatic heterocycles. The molecule has 6 heteroatoms. The third-order valence-electron chi connectivity index (χ3n) is 3.68. The minimum Gasteiger partial charge on any atom is -0.480 e. The molecular weight excluding hydrogens is 236 g/mol. The van der Waals surface area contributed by atoms with E-state index in [0.29, 0.717) is 32.5 Å². The smallest absolute Gasteiger partial charge is 0.329 e. The molecular formula is C12H20N2O4. The van der Waals surface area contributed by atoms with Gasteiger partial charge in [-0.05, 0) is 33.1 Å². The van der Waals surface area contributed by atoms with Crippen molar-refractivity contribution < 1.29 is 19.4 Å². The van der Waals surface area contributed by atoms with Crippen molar-refractivity contribution in [3.05, 3.63) is 0 Å². The fourth-order valence-corrected chi connectivity index (χ4v) is 2.40. The average molecular weight is 256 g/mol. The van der Waals surface area contributed by atoms with Crippen LogP contribution < -0.4 is 5.32 Å². The second-order valence-corrected chi connectivity index (χ2v) is 5.70. The van der Waals surface area contributed by atoms with Gasteiger partial charge in [-0.25, -0.2) is 9.59 Å². The molecule has 0 spiro atoms. The molecule has 2 fully saturated rings. The number of urea groups is 1. The van der Waals surface area contributed by atoms with E-state index in [0.717, 1.165) is 6.42 Å². The van der Waals surface area contributed by atoms with Crippen LogP contribution in [0, 0.1) is 0 Å². The zero-order chi connectivity index (χ0) is 13.4. The van der Waals surface area contributed by atoms with Gasteiger partial charge in [0.2, 0.25) is 0 Å². The van der Waals surface area contributed by atoms with Gasteiger partial charge in [0.25, 0.3) is 0 Å². The highest BCUT2D eigenvalue weighted by Gasteiger charge is 2.46. The van der Waals surface area contributed by atoms with Gasteiger partial charge in [-0.1, -0.05) is 0 Å². The van der Waals surface area contributed by atoms with Crippen LogP contribution in [0.15, 0.2) is 0 Å². The van der Waals surface area contributed by atoms with Crippen LogP contribution in [0.5, 0.6) is 0 Å². The fraction of sp³-hybridized carbons (Fsp3) is 0.833. The van der Waals surface area contributed by atoms with E-state index in [9.17, 15) is 14.7 Å². The van der Waals surface area contributed by atoms with Crippen LogP contribution >= 0.6 is 0 Å². The largest absolute Gasteiger partial charge is 0.480 e. The molecule has 1 aliphatic carbocycles. The van der Waals surface area contributed by atoms with Gasteiger partial charge >= 0.3 is 12.0 Å². The minimum absolute atomic E-state index is 0.298. The molecule has 2 rings (SSSR count). The topological polar surface area (TPSA) is 78.9 Å². The second-order valence-electron chi connectivity index (χ2n) is 5.70. The number of nitrogens with zero attached hydrogens (tertiary/aromatic N) is 1. The van der Waals surface area contributed by atoms with E-state index in [-0.39, 0.29) is 11.6 Å². The maximum atomic E-state index is 12.1. The summed E-state index contributed by atoms with van der Waals surface area (Å²) in [5.74, 6) is -0.936. The molecule has 2 aliphatic rings. The van der Waals surface area contributed by atoms with Crippen LogP contribution in [-0.4, -0.2) is 52.8 Å². The van der Waals surface area contributed by atoms with Gasteiger partial charge in [-0.15, -0.1) is 0 Å². The maximum Gasteiger partial charge on any atom is 0.329 e. The van der Waals surface area contributed by atoms with Crippen molar-refractivity contribution in [3.63, 3.8) is 0 Å². The summed E-state index contributed by atoms with van der Waals surface area (Å²) in [6, 6.07) is -0.298. The first-order valence-corrected chi connectivity index (χ1v) is 6.29. The van der Waals surface area contributed by atoms with Gasteiger partial charge in [0, 0.05) is 6.54 Å². The predicted molar refractivity (Wildman–Crippen MR) is 64.4 cm³/mol. The van der Waals surface area contributed by atoms with Crippen molar-refractivity contribution in [1.29, 1.82) is 0 Å². The number of morpholine rings is 1. The molecule has 2 N–H and O–H groups in total. The summed E-state index contributed by atoms with van der Waals surface area (Å²) in [5.41, 5.74) is -1.41. The van der Waals surface area contributed by atoms with E-state index in [1.165, 1.54) is 0 Å². The first-order chi connectivity index (χ1) is 8.35. The third-order valence-corrected chi connectivity index (χ3v) is 3.68. The average Bonchev–Trinajstić information content (AvgIpc) is 2.21. The molecule has 6 nitrogen and oxygen atoms in total. The Labute approximate surface area is 106 Å². The summed E-state index contributed by atoms with van der Waals surface area (Å²) < 4.78 is 5.53. The number of carboxylic acids is 1. The summed E-state index contributed by atoms with van der Waals surface area (Å²) in [6.45, 7) is 5.31. The number of carbonyl (C=O) groups excluding carboxylic acids is 1. The van der Waals surface area contributed by atoms with E-state index < -0.39 is 11.5 Å². The van der Waals surface area contributed by atoms with Crippen molar-refractivity contribution in [1.82, 2.24) is 10.2 Å². The molecule has 1 saturated carbocycles. The molecule has 0 unspecified atom stereocenters. The molecule has 1 aliphatic heterocycles. The predicted octanol–water partition coefficient (Wildman–Crippen LogP) is 0.814. The Bertz CT molecular complexity index is 363. The Kier molecular flexibility index (Phi) is 3.23. The monoisotopic (exact) mass is 256 g/mol. The lowest BCUT2D eigenvalue weighted by Crippen LogP contribution is -2.63. The molecule has 0 aromatic rings. The Morgan fingerprint density at radius 2 is 2.00 bits per heavy atom. The van der Waals surface area contributed by atoms with Gasteiger partial charge < -0.3 is 20.1 Å². The Morgan fingerprint density at radius 1 is 1.33 bits per heavy atom. The zero-order valence-corrected chi connectivity index (χ0v) is 10.9. The molecule has 0 aromatic carbocycles. The fourth-order valence-electron chi connectivity index (χ4n) is 2.40. The molecule has 18 heavy (non-hydrogen) atoms. The van der Waals surface area contributed by atoms with Gasteiger partial charge in [-0.3, -0.25) is 0 Å². The number of carboxylic acid groups (broad SMARTS) is 1. The van der Waals surface area contributed by atoms with E-state index in [1.54, 1.807) is 4.90 Å². The highest BCUT2D eigenvalue weighted by molar-refractivity contribution is 5.87. The Hall–Kier alpha value is -1.30. The normalized spacial score (nSPS) is 25.1. The maximum absolute atomic E-state index is 12.1. The number of rotatable bonds is 2. The molecule has 0 bridgehead atoms. The van der Waals surface area contributed by atoms with Gasteiger partial charge in [-0.2, -0.15) is 0 Å². The third kappa shape index (κ3) is 2.43. The summed E-state index contributed by atoms with van der Waals surface area (Å²) in [5, 5.41) is 11.8. The van der Waals surface area contributed by atoms with Crippen molar-refractivity contribution >= 4 is 12.0 Å². The van der Waals surface area contributed by atoms with Crippen LogP contribution in [0.1, 0.15) is 33.1 Å². The van der Waals surface area contributed by atoms with Crippen LogP contribution in [0.25, 0.3) is 0 Å². The molecule has 102 valence electrons. The SMILES string of the molecule is CC1(C)CN(C(=O)NC2(C(=O)O)CCC2)CCO1. The van der Waals surface area contributed by atoms with E-state index in [4.69, 9.17) is 4.74 Å². The number of carbonyl (C=O) groups is 2. The number of nitrogens with one attached hydrogen (secondary N) is 1. The Balaban J connectivity index is 1.97. The molecule has 1 heterocycles. The van der Waals surface area contributed by atoms with E-state index in [2.05, 4.69) is 5.32 Å². The number of hydrogen-bond donors (Lipinski definition) is 2. The van der Waals surface area contributed by atoms with Gasteiger partial charge in [0.1, 0.15) is 5.54 Å². The van der Waals surface area contributed by atoms with E-state index in [1.807, 2.05) is 13.8 Å². The molecule has 1 saturated heterocycles. The lowest BCUT2D eigenvalue weighted by atomic mass is 9.77. The van der Waals surface area contributed by atoms with Crippen LogP contribution in [0.3, 0.4) is 0 Å². The number of ether oxygens (including phenoxy) is 1. The highest BCUT2D eigenvalue weighted by atomic mass is 16.5. The summed E-state index contributed by atoms with van der Waals surface area (Å²) in [7, 11) is 0. The lowest BCUT2D eigenvalue weighted by molar-refractivity contribution is -0.148. The van der Waals surface area contributed by atoms with E-state index >= 15 is 0 Å². The molecule has 0 radical (unpaired) electrons. The van der Waals surface area contributed by atoms with Crippen molar-refractivity contribution in [3.8, 4) is 0 Å². The zero-order valence-electron chi connectivity index (χ0n) is 10.9.